The monoisotopic (exact) mass is 155 g/mol. The molecule has 3 heteroatoms. The first-order valence-corrected chi connectivity index (χ1v) is 3.90. The quantitative estimate of drug-likeness (QED) is 0.665. The molecule has 0 saturated heterocycles. The van der Waals surface area contributed by atoms with Crippen molar-refractivity contribution in [3.63, 3.8) is 0 Å². The summed E-state index contributed by atoms with van der Waals surface area (Å²) in [6.07, 6.45) is 2.77. The molecule has 0 aromatic carbocycles. The van der Waals surface area contributed by atoms with E-state index in [0.717, 1.165) is 6.42 Å². The van der Waals surface area contributed by atoms with Gasteiger partial charge in [-0.2, -0.15) is 0 Å². The Balaban J connectivity index is 2.80. The molecule has 0 aliphatic carbocycles. The molecule has 0 radical (unpaired) electrons. The molecule has 0 unspecified atom stereocenters. The van der Waals surface area contributed by atoms with Crippen LogP contribution in [0.1, 0.15) is 12.5 Å². The summed E-state index contributed by atoms with van der Waals surface area (Å²) in [6, 6.07) is 3.77. The molecule has 10 heavy (non-hydrogen) atoms. The molecule has 1 N–H and O–H groups in total. The van der Waals surface area contributed by atoms with Crippen LogP contribution in [0.15, 0.2) is 23.4 Å². The lowest BCUT2D eigenvalue weighted by molar-refractivity contribution is 0.660. The first-order valence-electron chi connectivity index (χ1n) is 3.13. The lowest BCUT2D eigenvalue weighted by atomic mass is 10.2. The van der Waals surface area contributed by atoms with E-state index in [1.165, 1.54) is 5.56 Å². The van der Waals surface area contributed by atoms with Crippen LogP contribution in [0.5, 0.6) is 0 Å². The summed E-state index contributed by atoms with van der Waals surface area (Å²) in [7, 11) is 0. The second kappa shape index (κ2) is 3.58. The number of aromatic nitrogens is 1. The van der Waals surface area contributed by atoms with E-state index in [1.807, 2.05) is 12.1 Å². The second-order valence-corrected chi connectivity index (χ2v) is 2.55. The smallest absolute Gasteiger partial charge is 0.123 e. The minimum Gasteiger partial charge on any atom is -0.324 e. The maximum Gasteiger partial charge on any atom is 0.123 e. The van der Waals surface area contributed by atoms with Crippen LogP contribution in [0, 0.1) is 0 Å². The van der Waals surface area contributed by atoms with Crippen molar-refractivity contribution < 1.29 is 4.55 Å². The maximum absolute atomic E-state index is 8.56. The first-order chi connectivity index (χ1) is 4.86. The van der Waals surface area contributed by atoms with Crippen LogP contribution >= 0.6 is 12.0 Å². The molecule has 0 aliphatic rings. The Hall–Kier alpha value is -0.540. The average molecular weight is 155 g/mol. The second-order valence-electron chi connectivity index (χ2n) is 1.95. The van der Waals surface area contributed by atoms with Crippen molar-refractivity contribution in [3.8, 4) is 0 Å². The Labute approximate surface area is 64.5 Å². The van der Waals surface area contributed by atoms with Gasteiger partial charge in [0.1, 0.15) is 5.03 Å². The normalized spacial score (nSPS) is 9.80. The molecule has 0 fully saturated rings. The molecule has 1 rings (SSSR count). The largest absolute Gasteiger partial charge is 0.324 e. The lowest BCUT2D eigenvalue weighted by Crippen LogP contribution is -1.82. The zero-order chi connectivity index (χ0) is 7.40. The van der Waals surface area contributed by atoms with Crippen LogP contribution < -0.4 is 0 Å². The molecule has 54 valence electrons. The van der Waals surface area contributed by atoms with Gasteiger partial charge in [-0.25, -0.2) is 4.98 Å². The summed E-state index contributed by atoms with van der Waals surface area (Å²) in [6.45, 7) is 2.07. The van der Waals surface area contributed by atoms with E-state index in [4.69, 9.17) is 4.55 Å². The molecule has 0 saturated carbocycles. The van der Waals surface area contributed by atoms with Gasteiger partial charge in [0.25, 0.3) is 0 Å². The van der Waals surface area contributed by atoms with E-state index in [2.05, 4.69) is 11.9 Å². The molecule has 1 aromatic rings. The highest BCUT2D eigenvalue weighted by atomic mass is 32.2. The van der Waals surface area contributed by atoms with Crippen LogP contribution in [0.4, 0.5) is 0 Å². The minimum absolute atomic E-state index is 0.650. The Morgan fingerprint density at radius 3 is 2.80 bits per heavy atom. The summed E-state index contributed by atoms with van der Waals surface area (Å²) in [5, 5.41) is 0.650. The summed E-state index contributed by atoms with van der Waals surface area (Å²) >= 11 is 0.677. The highest BCUT2D eigenvalue weighted by Gasteiger charge is 1.91. The van der Waals surface area contributed by atoms with Gasteiger partial charge in [-0.3, -0.25) is 0 Å². The Bertz CT molecular complexity index is 174. The van der Waals surface area contributed by atoms with Crippen LogP contribution in [0.2, 0.25) is 0 Å². The summed E-state index contributed by atoms with van der Waals surface area (Å²) < 4.78 is 8.56. The van der Waals surface area contributed by atoms with Crippen molar-refractivity contribution in [1.82, 2.24) is 4.98 Å². The van der Waals surface area contributed by atoms with Gasteiger partial charge in [0, 0.05) is 18.2 Å². The molecule has 2 nitrogen and oxygen atoms in total. The van der Waals surface area contributed by atoms with Crippen molar-refractivity contribution in [2.75, 3.05) is 0 Å². The molecule has 0 aliphatic heterocycles. The number of hydrogen-bond acceptors (Lipinski definition) is 3. The number of nitrogens with zero attached hydrogens (tertiary/aromatic N) is 1. The average Bonchev–Trinajstić information content (AvgIpc) is 2.05. The van der Waals surface area contributed by atoms with Gasteiger partial charge in [0.2, 0.25) is 0 Å². The summed E-state index contributed by atoms with van der Waals surface area (Å²) in [5.74, 6) is 0. The molecule has 0 bridgehead atoms. The van der Waals surface area contributed by atoms with E-state index < -0.39 is 0 Å². The van der Waals surface area contributed by atoms with Crippen molar-refractivity contribution >= 4 is 12.0 Å². The van der Waals surface area contributed by atoms with Gasteiger partial charge >= 0.3 is 0 Å². The summed E-state index contributed by atoms with van der Waals surface area (Å²) in [5.41, 5.74) is 1.19. The fourth-order valence-corrected chi connectivity index (χ4v) is 0.903. The third-order valence-corrected chi connectivity index (χ3v) is 1.73. The van der Waals surface area contributed by atoms with Crippen molar-refractivity contribution in [1.29, 1.82) is 0 Å². The molecule has 0 atom stereocenters. The third-order valence-electron chi connectivity index (χ3n) is 1.30. The molecular weight excluding hydrogens is 146 g/mol. The molecule has 1 aromatic heterocycles. The van der Waals surface area contributed by atoms with Crippen molar-refractivity contribution in [2.24, 2.45) is 0 Å². The topological polar surface area (TPSA) is 33.1 Å². The van der Waals surface area contributed by atoms with Gasteiger partial charge in [-0.15, -0.1) is 0 Å². The van der Waals surface area contributed by atoms with Crippen molar-refractivity contribution in [2.45, 2.75) is 18.4 Å². The van der Waals surface area contributed by atoms with Crippen molar-refractivity contribution in [3.05, 3.63) is 23.9 Å². The van der Waals surface area contributed by atoms with E-state index >= 15 is 0 Å². The van der Waals surface area contributed by atoms with E-state index in [9.17, 15) is 0 Å². The molecule has 0 spiro atoms. The Kier molecular flexibility index (Phi) is 2.71. The molecule has 0 amide bonds. The van der Waals surface area contributed by atoms with Crippen LogP contribution in [0.3, 0.4) is 0 Å². The Morgan fingerprint density at radius 2 is 2.40 bits per heavy atom. The van der Waals surface area contributed by atoms with E-state index in [-0.39, 0.29) is 0 Å². The number of hydrogen-bond donors (Lipinski definition) is 1. The van der Waals surface area contributed by atoms with Gasteiger partial charge in [0.05, 0.1) is 0 Å². The summed E-state index contributed by atoms with van der Waals surface area (Å²) in [4.78, 5) is 3.98. The lowest BCUT2D eigenvalue weighted by Gasteiger charge is -1.95. The minimum atomic E-state index is 0.650. The van der Waals surface area contributed by atoms with Crippen LogP contribution in [-0.2, 0) is 6.42 Å². The number of pyridine rings is 1. The zero-order valence-corrected chi connectivity index (χ0v) is 6.56. The number of rotatable bonds is 2. The fraction of sp³-hybridized carbons (Fsp3) is 0.286. The predicted molar refractivity (Wildman–Crippen MR) is 42.1 cm³/mol. The van der Waals surface area contributed by atoms with E-state index in [0.29, 0.717) is 17.1 Å². The highest BCUT2D eigenvalue weighted by molar-refractivity contribution is 7.93. The van der Waals surface area contributed by atoms with Crippen LogP contribution in [-0.4, -0.2) is 9.54 Å². The maximum atomic E-state index is 8.56. The van der Waals surface area contributed by atoms with Gasteiger partial charge in [-0.05, 0) is 18.1 Å². The van der Waals surface area contributed by atoms with Gasteiger partial charge in [0.15, 0.2) is 0 Å². The predicted octanol–water partition coefficient (Wildman–Crippen LogP) is 2.21. The standard InChI is InChI=1S/C7H9NOS/c1-2-6-3-4-7(10-9)8-5-6/h3-5,9H,2H2,1H3. The molecular formula is C7H9NOS. The SMILES string of the molecule is CCc1ccc(SO)nc1. The highest BCUT2D eigenvalue weighted by Crippen LogP contribution is 2.10. The Morgan fingerprint density at radius 1 is 1.60 bits per heavy atom. The molecule has 1 heterocycles. The third kappa shape index (κ3) is 1.72. The fourth-order valence-electron chi connectivity index (χ4n) is 0.674. The van der Waals surface area contributed by atoms with Crippen LogP contribution in [0.25, 0.3) is 0 Å². The number of aryl methyl sites for hydroxylation is 1. The zero-order valence-electron chi connectivity index (χ0n) is 5.74. The first kappa shape index (κ1) is 7.57. The van der Waals surface area contributed by atoms with Gasteiger partial charge in [-0.1, -0.05) is 13.0 Å². The van der Waals surface area contributed by atoms with E-state index in [1.54, 1.807) is 6.20 Å². The van der Waals surface area contributed by atoms with Gasteiger partial charge < -0.3 is 4.55 Å².